The number of carbonyl (C=O) groups is 2. The maximum absolute atomic E-state index is 13.0. The van der Waals surface area contributed by atoms with Crippen molar-refractivity contribution in [2.24, 2.45) is 17.3 Å². The Morgan fingerprint density at radius 1 is 1.12 bits per heavy atom. The SMILES string of the molecule is CN(C)c1ccc([C@H]2C[C@]3(C=O)[C@@H](CC[C@]3(O)CCCO)[C@@H]3CCC4=CC(=O)CCC4=C32)cc1. The molecule has 2 N–H and O–H groups in total. The molecule has 0 radical (unpaired) electrons. The summed E-state index contributed by atoms with van der Waals surface area (Å²) in [5.41, 5.74) is 4.42. The number of nitrogens with zero attached hydrogens (tertiary/aromatic N) is 1. The third-order valence-electron chi connectivity index (χ3n) is 9.39. The molecule has 4 aliphatic carbocycles. The van der Waals surface area contributed by atoms with Gasteiger partial charge in [-0.05, 0) is 98.1 Å². The van der Waals surface area contributed by atoms with Gasteiger partial charge in [0.15, 0.2) is 5.78 Å². The summed E-state index contributed by atoms with van der Waals surface area (Å²) in [6.45, 7) is 0.0260. The van der Waals surface area contributed by atoms with Gasteiger partial charge in [-0.2, -0.15) is 0 Å². The second-order valence-corrected chi connectivity index (χ2v) is 11.1. The third kappa shape index (κ3) is 3.51. The molecule has 0 saturated heterocycles. The molecule has 2 fully saturated rings. The van der Waals surface area contributed by atoms with Gasteiger partial charge in [0.25, 0.3) is 0 Å². The molecule has 0 bridgehead atoms. The average Bonchev–Trinajstić information content (AvgIpc) is 3.14. The number of aliphatic hydroxyl groups is 2. The van der Waals surface area contributed by atoms with Crippen LogP contribution in [0.3, 0.4) is 0 Å². The maximum atomic E-state index is 13.0. The Labute approximate surface area is 202 Å². The fraction of sp³-hybridized carbons (Fsp3) is 0.586. The van der Waals surface area contributed by atoms with E-state index in [0.29, 0.717) is 32.1 Å². The Morgan fingerprint density at radius 3 is 2.56 bits per heavy atom. The van der Waals surface area contributed by atoms with Crippen LogP contribution in [0.15, 0.2) is 47.1 Å². The number of benzene rings is 1. The molecule has 0 spiro atoms. The Hall–Kier alpha value is -2.24. The summed E-state index contributed by atoms with van der Waals surface area (Å²) in [6, 6.07) is 8.62. The number of carbonyl (C=O) groups excluding carboxylic acids is 2. The Kier molecular flexibility index (Phi) is 6.06. The minimum absolute atomic E-state index is 0.0260. The van der Waals surface area contributed by atoms with Crippen LogP contribution in [-0.2, 0) is 9.59 Å². The fourth-order valence-electron chi connectivity index (χ4n) is 7.75. The van der Waals surface area contributed by atoms with E-state index in [2.05, 4.69) is 29.2 Å². The number of aliphatic hydroxyl groups excluding tert-OH is 1. The summed E-state index contributed by atoms with van der Waals surface area (Å²) in [5.74, 6) is 0.643. The number of aldehydes is 1. The molecule has 2 saturated carbocycles. The molecule has 0 heterocycles. The van der Waals surface area contributed by atoms with Crippen molar-refractivity contribution in [3.63, 3.8) is 0 Å². The number of anilines is 1. The molecule has 5 rings (SSSR count). The number of rotatable bonds is 6. The van der Waals surface area contributed by atoms with Crippen LogP contribution in [0, 0.1) is 17.3 Å². The second kappa shape index (κ2) is 8.76. The summed E-state index contributed by atoms with van der Waals surface area (Å²) in [5, 5.41) is 21.4. The highest BCUT2D eigenvalue weighted by Crippen LogP contribution is 2.66. The Balaban J connectivity index is 1.66. The number of hydrogen-bond donors (Lipinski definition) is 2. The van der Waals surface area contributed by atoms with Crippen molar-refractivity contribution < 1.29 is 19.8 Å². The van der Waals surface area contributed by atoms with Crippen molar-refractivity contribution in [3.05, 3.63) is 52.6 Å². The van der Waals surface area contributed by atoms with Gasteiger partial charge < -0.3 is 19.9 Å². The predicted molar refractivity (Wildman–Crippen MR) is 133 cm³/mol. The smallest absolute Gasteiger partial charge is 0.156 e. The topological polar surface area (TPSA) is 77.8 Å². The Morgan fingerprint density at radius 2 is 1.88 bits per heavy atom. The van der Waals surface area contributed by atoms with E-state index in [1.165, 1.54) is 22.3 Å². The normalized spacial score (nSPS) is 34.8. The van der Waals surface area contributed by atoms with E-state index in [1.54, 1.807) is 0 Å². The first-order valence-corrected chi connectivity index (χ1v) is 12.9. The van der Waals surface area contributed by atoms with Crippen LogP contribution in [0.25, 0.3) is 0 Å². The highest BCUT2D eigenvalue weighted by atomic mass is 16.3. The van der Waals surface area contributed by atoms with Crippen molar-refractivity contribution in [3.8, 4) is 0 Å². The molecule has 1 aromatic carbocycles. The maximum Gasteiger partial charge on any atom is 0.156 e. The molecule has 0 aromatic heterocycles. The zero-order valence-corrected chi connectivity index (χ0v) is 20.4. The molecular formula is C29H37NO4. The van der Waals surface area contributed by atoms with E-state index in [0.717, 1.165) is 37.7 Å². The molecule has 0 aliphatic heterocycles. The first-order chi connectivity index (χ1) is 16.3. The number of hydrogen-bond acceptors (Lipinski definition) is 5. The van der Waals surface area contributed by atoms with Crippen molar-refractivity contribution >= 4 is 17.8 Å². The summed E-state index contributed by atoms with van der Waals surface area (Å²) in [4.78, 5) is 27.2. The molecule has 5 heteroatoms. The predicted octanol–water partition coefficient (Wildman–Crippen LogP) is 4.33. The molecule has 4 aliphatic rings. The van der Waals surface area contributed by atoms with E-state index < -0.39 is 11.0 Å². The molecule has 182 valence electrons. The van der Waals surface area contributed by atoms with Gasteiger partial charge >= 0.3 is 0 Å². The zero-order valence-electron chi connectivity index (χ0n) is 20.4. The van der Waals surface area contributed by atoms with Crippen LogP contribution >= 0.6 is 0 Å². The van der Waals surface area contributed by atoms with Gasteiger partial charge in [-0.3, -0.25) is 4.79 Å². The van der Waals surface area contributed by atoms with Crippen molar-refractivity contribution in [1.82, 2.24) is 0 Å². The van der Waals surface area contributed by atoms with Crippen LogP contribution in [0.4, 0.5) is 5.69 Å². The van der Waals surface area contributed by atoms with Crippen LogP contribution in [0.1, 0.15) is 69.3 Å². The molecule has 34 heavy (non-hydrogen) atoms. The molecular weight excluding hydrogens is 426 g/mol. The second-order valence-electron chi connectivity index (χ2n) is 11.1. The van der Waals surface area contributed by atoms with E-state index in [4.69, 9.17) is 0 Å². The van der Waals surface area contributed by atoms with E-state index in [9.17, 15) is 19.8 Å². The lowest BCUT2D eigenvalue weighted by Crippen LogP contribution is -2.54. The minimum Gasteiger partial charge on any atom is -0.396 e. The van der Waals surface area contributed by atoms with Gasteiger partial charge in [0.2, 0.25) is 0 Å². The quantitative estimate of drug-likeness (QED) is 0.614. The highest BCUT2D eigenvalue weighted by molar-refractivity contribution is 5.93. The lowest BCUT2D eigenvalue weighted by molar-refractivity contribution is -0.145. The lowest BCUT2D eigenvalue weighted by atomic mass is 9.50. The summed E-state index contributed by atoms with van der Waals surface area (Å²) in [7, 11) is 4.05. The monoisotopic (exact) mass is 463 g/mol. The lowest BCUT2D eigenvalue weighted by Gasteiger charge is -2.54. The van der Waals surface area contributed by atoms with Gasteiger partial charge in [0.05, 0.1) is 11.0 Å². The molecule has 5 nitrogen and oxygen atoms in total. The van der Waals surface area contributed by atoms with Gasteiger partial charge in [-0.1, -0.05) is 17.7 Å². The van der Waals surface area contributed by atoms with Crippen LogP contribution < -0.4 is 4.90 Å². The molecule has 0 amide bonds. The fourth-order valence-corrected chi connectivity index (χ4v) is 7.75. The summed E-state index contributed by atoms with van der Waals surface area (Å²) in [6.07, 6.45) is 9.13. The summed E-state index contributed by atoms with van der Waals surface area (Å²) >= 11 is 0. The number of ketones is 1. The van der Waals surface area contributed by atoms with E-state index in [1.807, 2.05) is 20.2 Å². The minimum atomic E-state index is -1.07. The molecule has 1 aromatic rings. The van der Waals surface area contributed by atoms with Crippen molar-refractivity contribution in [2.45, 2.75) is 69.3 Å². The van der Waals surface area contributed by atoms with Crippen LogP contribution in [0.2, 0.25) is 0 Å². The standard InChI is InChI=1S/C29H37NO4/c1-30(2)21-7-4-19(5-8-21)25-17-28(18-32)26(12-14-29(28,34)13-3-15-31)24-10-6-20-16-22(33)9-11-23(20)27(24)25/h4-5,7-8,16,18,24-26,31,34H,3,6,9-15,17H2,1-2H3/t24-,25+,26-,28-,29+/m0/s1. The number of fused-ring (bicyclic) bond motifs is 4. The largest absolute Gasteiger partial charge is 0.396 e. The van der Waals surface area contributed by atoms with Crippen LogP contribution in [0.5, 0.6) is 0 Å². The van der Waals surface area contributed by atoms with Gasteiger partial charge in [0.1, 0.15) is 6.29 Å². The van der Waals surface area contributed by atoms with E-state index >= 15 is 0 Å². The van der Waals surface area contributed by atoms with Crippen molar-refractivity contribution in [1.29, 1.82) is 0 Å². The molecule has 0 unspecified atom stereocenters. The summed E-state index contributed by atoms with van der Waals surface area (Å²) < 4.78 is 0. The van der Waals surface area contributed by atoms with Gasteiger partial charge in [0, 0.05) is 38.7 Å². The third-order valence-corrected chi connectivity index (χ3v) is 9.39. The highest BCUT2D eigenvalue weighted by Gasteiger charge is 2.65. The van der Waals surface area contributed by atoms with Gasteiger partial charge in [-0.25, -0.2) is 0 Å². The first kappa shape index (κ1) is 23.5. The van der Waals surface area contributed by atoms with Crippen molar-refractivity contribution in [2.75, 3.05) is 25.6 Å². The zero-order chi connectivity index (χ0) is 24.1. The molecule has 5 atom stereocenters. The van der Waals surface area contributed by atoms with Gasteiger partial charge in [-0.15, -0.1) is 0 Å². The number of allylic oxidation sites excluding steroid dienone is 4. The average molecular weight is 464 g/mol. The first-order valence-electron chi connectivity index (χ1n) is 12.9. The Bertz CT molecular complexity index is 1040. The van der Waals surface area contributed by atoms with E-state index in [-0.39, 0.29) is 30.1 Å². The van der Waals surface area contributed by atoms with Crippen LogP contribution in [-0.4, -0.2) is 48.6 Å².